The number of non-ortho nitro benzene ring substituents is 1. The summed E-state index contributed by atoms with van der Waals surface area (Å²) in [5, 5.41) is 14.4. The van der Waals surface area contributed by atoms with Gasteiger partial charge in [-0.15, -0.1) is 11.3 Å². The molecular weight excluding hydrogens is 356 g/mol. The Kier molecular flexibility index (Phi) is 5.04. The van der Waals surface area contributed by atoms with E-state index in [1.54, 1.807) is 44.6 Å². The molecule has 7 nitrogen and oxygen atoms in total. The second-order valence-electron chi connectivity index (χ2n) is 5.45. The van der Waals surface area contributed by atoms with Gasteiger partial charge in [0, 0.05) is 34.3 Å². The number of hydrogen-bond donors (Lipinski definition) is 1. The summed E-state index contributed by atoms with van der Waals surface area (Å²) in [5.41, 5.74) is 0.792. The number of benzene rings is 2. The lowest BCUT2D eigenvalue weighted by molar-refractivity contribution is -0.384. The lowest BCUT2D eigenvalue weighted by Gasteiger charge is -2.11. The van der Waals surface area contributed by atoms with Crippen LogP contribution in [0.3, 0.4) is 0 Å². The van der Waals surface area contributed by atoms with Crippen LogP contribution in [0.4, 0.5) is 5.69 Å². The Bertz CT molecular complexity index is 983. The Morgan fingerprint density at radius 2 is 1.96 bits per heavy atom. The van der Waals surface area contributed by atoms with Crippen molar-refractivity contribution in [2.45, 2.75) is 6.54 Å². The largest absolute Gasteiger partial charge is 0.497 e. The van der Waals surface area contributed by atoms with Gasteiger partial charge < -0.3 is 14.8 Å². The lowest BCUT2D eigenvalue weighted by atomic mass is 10.2. The Balaban J connectivity index is 1.78. The maximum absolute atomic E-state index is 12.5. The second-order valence-corrected chi connectivity index (χ2v) is 6.53. The molecule has 0 saturated carbocycles. The van der Waals surface area contributed by atoms with E-state index in [9.17, 15) is 14.9 Å². The van der Waals surface area contributed by atoms with Crippen LogP contribution in [-0.4, -0.2) is 25.1 Å². The van der Waals surface area contributed by atoms with Gasteiger partial charge in [0.15, 0.2) is 0 Å². The first kappa shape index (κ1) is 17.7. The van der Waals surface area contributed by atoms with Crippen LogP contribution in [0.1, 0.15) is 15.2 Å². The molecule has 1 amide bonds. The Hall–Kier alpha value is -3.13. The molecular formula is C18H16N2O5S. The normalized spacial score (nSPS) is 10.5. The SMILES string of the molecule is COc1ccc(OC)c(CNC(=O)c2cc3cc([N+](=O)[O-])ccc3s2)c1. The second kappa shape index (κ2) is 7.40. The highest BCUT2D eigenvalue weighted by atomic mass is 32.1. The molecule has 2 aromatic carbocycles. The Morgan fingerprint density at radius 3 is 2.65 bits per heavy atom. The van der Waals surface area contributed by atoms with Crippen LogP contribution >= 0.6 is 11.3 Å². The van der Waals surface area contributed by atoms with Gasteiger partial charge in [-0.05, 0) is 30.3 Å². The fourth-order valence-electron chi connectivity index (χ4n) is 2.54. The van der Waals surface area contributed by atoms with Gasteiger partial charge in [0.2, 0.25) is 0 Å². The van der Waals surface area contributed by atoms with E-state index in [4.69, 9.17) is 9.47 Å². The molecule has 0 aliphatic heterocycles. The van der Waals surface area contributed by atoms with E-state index in [2.05, 4.69) is 5.32 Å². The standard InChI is InChI=1S/C18H16N2O5S/c1-24-14-4-5-15(25-2)12(8-14)10-19-18(21)17-9-11-7-13(20(22)23)3-6-16(11)26-17/h3-9H,10H2,1-2H3,(H,19,21). The topological polar surface area (TPSA) is 90.7 Å². The van der Waals surface area contributed by atoms with Crippen molar-refractivity contribution < 1.29 is 19.2 Å². The molecule has 26 heavy (non-hydrogen) atoms. The highest BCUT2D eigenvalue weighted by Gasteiger charge is 2.14. The van der Waals surface area contributed by atoms with Crippen molar-refractivity contribution in [3.8, 4) is 11.5 Å². The average Bonchev–Trinajstić information content (AvgIpc) is 3.09. The van der Waals surface area contributed by atoms with Crippen molar-refractivity contribution in [3.05, 3.63) is 63.0 Å². The van der Waals surface area contributed by atoms with Crippen molar-refractivity contribution in [1.29, 1.82) is 0 Å². The van der Waals surface area contributed by atoms with Crippen molar-refractivity contribution in [3.63, 3.8) is 0 Å². The highest BCUT2D eigenvalue weighted by molar-refractivity contribution is 7.20. The number of methoxy groups -OCH3 is 2. The maximum Gasteiger partial charge on any atom is 0.270 e. The Labute approximate surface area is 153 Å². The van der Waals surface area contributed by atoms with Crippen LogP contribution in [0.5, 0.6) is 11.5 Å². The van der Waals surface area contributed by atoms with Gasteiger partial charge in [-0.3, -0.25) is 14.9 Å². The first-order valence-electron chi connectivity index (χ1n) is 7.69. The molecule has 0 unspecified atom stereocenters. The smallest absolute Gasteiger partial charge is 0.270 e. The molecule has 0 bridgehead atoms. The van der Waals surface area contributed by atoms with E-state index >= 15 is 0 Å². The number of hydrogen-bond acceptors (Lipinski definition) is 6. The van der Waals surface area contributed by atoms with E-state index in [1.165, 1.54) is 23.5 Å². The molecule has 1 heterocycles. The van der Waals surface area contributed by atoms with E-state index in [0.717, 1.165) is 10.3 Å². The molecule has 0 aliphatic carbocycles. The maximum atomic E-state index is 12.5. The number of rotatable bonds is 6. The zero-order chi connectivity index (χ0) is 18.7. The molecule has 134 valence electrons. The monoisotopic (exact) mass is 372 g/mol. The summed E-state index contributed by atoms with van der Waals surface area (Å²) < 4.78 is 11.3. The molecule has 0 saturated heterocycles. The summed E-state index contributed by atoms with van der Waals surface area (Å²) in [6.07, 6.45) is 0. The van der Waals surface area contributed by atoms with Crippen LogP contribution in [0.25, 0.3) is 10.1 Å². The van der Waals surface area contributed by atoms with Crippen LogP contribution in [0.2, 0.25) is 0 Å². The number of ether oxygens (including phenoxy) is 2. The Morgan fingerprint density at radius 1 is 1.15 bits per heavy atom. The number of nitro benzene ring substituents is 1. The highest BCUT2D eigenvalue weighted by Crippen LogP contribution is 2.29. The molecule has 0 aliphatic rings. The predicted octanol–water partition coefficient (Wildman–Crippen LogP) is 3.76. The fourth-order valence-corrected chi connectivity index (χ4v) is 3.50. The number of nitrogens with zero attached hydrogens (tertiary/aromatic N) is 1. The minimum Gasteiger partial charge on any atom is -0.497 e. The summed E-state index contributed by atoms with van der Waals surface area (Å²) in [6, 6.07) is 11.6. The number of carbonyl (C=O) groups is 1. The molecule has 0 fully saturated rings. The lowest BCUT2D eigenvalue weighted by Crippen LogP contribution is -2.22. The van der Waals surface area contributed by atoms with Crippen molar-refractivity contribution in [2.75, 3.05) is 14.2 Å². The van der Waals surface area contributed by atoms with Crippen molar-refractivity contribution >= 4 is 33.0 Å². The van der Waals surface area contributed by atoms with E-state index < -0.39 is 4.92 Å². The van der Waals surface area contributed by atoms with Crippen LogP contribution in [-0.2, 0) is 6.54 Å². The number of fused-ring (bicyclic) bond motifs is 1. The first-order chi connectivity index (χ1) is 12.5. The van der Waals surface area contributed by atoms with Gasteiger partial charge in [-0.2, -0.15) is 0 Å². The summed E-state index contributed by atoms with van der Waals surface area (Å²) in [7, 11) is 3.13. The number of amides is 1. The minimum atomic E-state index is -0.452. The van der Waals surface area contributed by atoms with E-state index in [0.29, 0.717) is 21.8 Å². The van der Waals surface area contributed by atoms with Crippen molar-refractivity contribution in [1.82, 2.24) is 5.32 Å². The summed E-state index contributed by atoms with van der Waals surface area (Å²) >= 11 is 1.29. The average molecular weight is 372 g/mol. The van der Waals surface area contributed by atoms with E-state index in [-0.39, 0.29) is 18.1 Å². The molecule has 0 spiro atoms. The molecule has 3 aromatic rings. The number of carbonyl (C=O) groups excluding carboxylic acids is 1. The van der Waals surface area contributed by atoms with Gasteiger partial charge in [-0.1, -0.05) is 0 Å². The predicted molar refractivity (Wildman–Crippen MR) is 99.2 cm³/mol. The fraction of sp³-hybridized carbons (Fsp3) is 0.167. The third kappa shape index (κ3) is 3.60. The quantitative estimate of drug-likeness (QED) is 0.525. The molecule has 8 heteroatoms. The van der Waals surface area contributed by atoms with Crippen molar-refractivity contribution in [2.24, 2.45) is 0 Å². The van der Waals surface area contributed by atoms with Crippen LogP contribution in [0, 0.1) is 10.1 Å². The summed E-state index contributed by atoms with van der Waals surface area (Å²) in [6.45, 7) is 0.271. The molecule has 0 radical (unpaired) electrons. The van der Waals surface area contributed by atoms with Crippen LogP contribution < -0.4 is 14.8 Å². The number of thiophene rings is 1. The van der Waals surface area contributed by atoms with Crippen LogP contribution in [0.15, 0.2) is 42.5 Å². The number of nitrogens with one attached hydrogen (secondary N) is 1. The van der Waals surface area contributed by atoms with Gasteiger partial charge in [0.05, 0.1) is 24.0 Å². The van der Waals surface area contributed by atoms with Gasteiger partial charge in [-0.25, -0.2) is 0 Å². The zero-order valence-corrected chi connectivity index (χ0v) is 15.0. The minimum absolute atomic E-state index is 0.00313. The van der Waals surface area contributed by atoms with Gasteiger partial charge in [0.1, 0.15) is 11.5 Å². The third-order valence-corrected chi connectivity index (χ3v) is 4.98. The summed E-state index contributed by atoms with van der Waals surface area (Å²) in [4.78, 5) is 23.4. The molecule has 0 atom stereocenters. The number of nitro groups is 1. The molecule has 1 N–H and O–H groups in total. The first-order valence-corrected chi connectivity index (χ1v) is 8.50. The molecule has 3 rings (SSSR count). The summed E-state index contributed by atoms with van der Waals surface area (Å²) in [5.74, 6) is 1.07. The third-order valence-electron chi connectivity index (χ3n) is 3.86. The van der Waals surface area contributed by atoms with Gasteiger partial charge in [0.25, 0.3) is 11.6 Å². The molecule has 1 aromatic heterocycles. The van der Waals surface area contributed by atoms with Gasteiger partial charge >= 0.3 is 0 Å². The zero-order valence-electron chi connectivity index (χ0n) is 14.1. The van der Waals surface area contributed by atoms with E-state index in [1.807, 2.05) is 0 Å².